The molecule has 1 N–H and O–H groups in total. The second-order valence-corrected chi connectivity index (χ2v) is 21.2. The van der Waals surface area contributed by atoms with Gasteiger partial charge in [0, 0.05) is 28.0 Å². The first kappa shape index (κ1) is 40.8. The molecule has 0 saturated carbocycles. The fraction of sp³-hybridized carbons (Fsp3) is 0.322. The van der Waals surface area contributed by atoms with E-state index in [9.17, 15) is 0 Å². The zero-order valence-corrected chi connectivity index (χ0v) is 38.9. The van der Waals surface area contributed by atoms with Crippen molar-refractivity contribution in [3.8, 4) is 11.1 Å². The van der Waals surface area contributed by atoms with Gasteiger partial charge in [0.1, 0.15) is 0 Å². The van der Waals surface area contributed by atoms with Crippen molar-refractivity contribution in [3.63, 3.8) is 0 Å². The Bertz CT molecular complexity index is 2940. The summed E-state index contributed by atoms with van der Waals surface area (Å²) in [4.78, 5) is 2.59. The van der Waals surface area contributed by atoms with E-state index < -0.39 is 0 Å². The van der Waals surface area contributed by atoms with Gasteiger partial charge in [-0.2, -0.15) is 0 Å². The summed E-state index contributed by atoms with van der Waals surface area (Å²) in [6.45, 7) is 30.2. The lowest BCUT2D eigenvalue weighted by Gasteiger charge is -2.36. The Morgan fingerprint density at radius 2 is 1.18 bits per heavy atom. The van der Waals surface area contributed by atoms with Gasteiger partial charge in [-0.3, -0.25) is 0 Å². The molecule has 0 unspecified atom stereocenters. The molecule has 61 heavy (non-hydrogen) atoms. The third-order valence-electron chi connectivity index (χ3n) is 13.9. The standard InChI is InChI=1S/C59H64N2/c1-35(2)47-34-51(61(56-37(4)17-14-18-38(56)5)43-26-22-41(23-27-43)58(9,10)11)49-33-50-52-39(30-31-59(50,12)13)32-48(45-29-28-44(47)53(49)54(45)52)46-19-15-16-36(3)55(46)60-42-24-20-40(21-25-42)57(6,7)8/h14-29,32-35,60H,30-31H2,1-13H3. The molecule has 1 aliphatic rings. The number of hydrogen-bond acceptors (Lipinski definition) is 2. The van der Waals surface area contributed by atoms with Gasteiger partial charge in [-0.05, 0) is 175 Å². The second kappa shape index (κ2) is 14.5. The maximum Gasteiger partial charge on any atom is 0.0543 e. The molecule has 9 rings (SSSR count). The smallest absolute Gasteiger partial charge is 0.0543 e. The molecule has 0 spiro atoms. The minimum absolute atomic E-state index is 0.0162. The third kappa shape index (κ3) is 6.87. The van der Waals surface area contributed by atoms with Crippen LogP contribution in [0, 0.1) is 20.8 Å². The molecule has 0 aromatic heterocycles. The van der Waals surface area contributed by atoms with E-state index in [0.29, 0.717) is 5.92 Å². The summed E-state index contributed by atoms with van der Waals surface area (Å²) in [6, 6.07) is 44.6. The van der Waals surface area contributed by atoms with Gasteiger partial charge in [0.15, 0.2) is 0 Å². The van der Waals surface area contributed by atoms with Crippen LogP contribution in [0.1, 0.15) is 126 Å². The molecule has 2 heteroatoms. The van der Waals surface area contributed by atoms with Crippen LogP contribution in [-0.2, 0) is 22.7 Å². The maximum absolute atomic E-state index is 3.92. The highest BCUT2D eigenvalue weighted by atomic mass is 15.1. The van der Waals surface area contributed by atoms with Crippen LogP contribution in [0.25, 0.3) is 43.4 Å². The fourth-order valence-electron chi connectivity index (χ4n) is 10.3. The molecule has 8 aromatic carbocycles. The van der Waals surface area contributed by atoms with Crippen molar-refractivity contribution >= 4 is 60.8 Å². The number of aryl methyl sites for hydroxylation is 4. The number of para-hydroxylation sites is 2. The zero-order chi connectivity index (χ0) is 43.3. The van der Waals surface area contributed by atoms with Crippen molar-refractivity contribution < 1.29 is 0 Å². The zero-order valence-electron chi connectivity index (χ0n) is 38.9. The summed E-state index contributed by atoms with van der Waals surface area (Å²) in [5, 5.41) is 12.2. The summed E-state index contributed by atoms with van der Waals surface area (Å²) < 4.78 is 0. The van der Waals surface area contributed by atoms with Crippen molar-refractivity contribution in [2.45, 2.75) is 125 Å². The average Bonchev–Trinajstić information content (AvgIpc) is 3.20. The number of nitrogens with one attached hydrogen (secondary N) is 1. The lowest BCUT2D eigenvalue weighted by Crippen LogP contribution is -2.23. The monoisotopic (exact) mass is 801 g/mol. The van der Waals surface area contributed by atoms with Crippen LogP contribution in [0.3, 0.4) is 0 Å². The topological polar surface area (TPSA) is 15.3 Å². The lowest BCUT2D eigenvalue weighted by molar-refractivity contribution is 0.475. The van der Waals surface area contributed by atoms with E-state index in [0.717, 1.165) is 18.5 Å². The first-order chi connectivity index (χ1) is 28.8. The quantitative estimate of drug-likeness (QED) is 0.162. The van der Waals surface area contributed by atoms with Crippen molar-refractivity contribution in [2.75, 3.05) is 10.2 Å². The lowest BCUT2D eigenvalue weighted by atomic mass is 9.69. The van der Waals surface area contributed by atoms with Crippen LogP contribution < -0.4 is 10.2 Å². The van der Waals surface area contributed by atoms with Crippen LogP contribution >= 0.6 is 0 Å². The van der Waals surface area contributed by atoms with Crippen LogP contribution in [0.4, 0.5) is 28.4 Å². The Balaban J connectivity index is 1.38. The molecule has 0 aliphatic heterocycles. The molecule has 310 valence electrons. The van der Waals surface area contributed by atoms with Gasteiger partial charge >= 0.3 is 0 Å². The number of rotatable bonds is 7. The highest BCUT2D eigenvalue weighted by Crippen LogP contribution is 2.54. The molecule has 1 aliphatic carbocycles. The van der Waals surface area contributed by atoms with Crippen LogP contribution in [0.15, 0.2) is 115 Å². The highest BCUT2D eigenvalue weighted by Gasteiger charge is 2.34. The molecule has 0 bridgehead atoms. The molecule has 0 saturated heterocycles. The van der Waals surface area contributed by atoms with E-state index in [2.05, 4.69) is 215 Å². The normalized spacial score (nSPS) is 14.1. The van der Waals surface area contributed by atoms with Gasteiger partial charge in [0.05, 0.1) is 11.4 Å². The number of hydrogen-bond donors (Lipinski definition) is 1. The van der Waals surface area contributed by atoms with E-state index >= 15 is 0 Å². The number of nitrogens with zero attached hydrogens (tertiary/aromatic N) is 1. The number of benzene rings is 8. The van der Waals surface area contributed by atoms with Gasteiger partial charge in [-0.25, -0.2) is 0 Å². The van der Waals surface area contributed by atoms with Crippen molar-refractivity contribution in [1.82, 2.24) is 0 Å². The van der Waals surface area contributed by atoms with Crippen LogP contribution in [0.2, 0.25) is 0 Å². The predicted molar refractivity (Wildman–Crippen MR) is 267 cm³/mol. The third-order valence-corrected chi connectivity index (χ3v) is 13.9. The Kier molecular flexibility index (Phi) is 9.70. The summed E-state index contributed by atoms with van der Waals surface area (Å²) in [5.41, 5.74) is 19.5. The molecule has 8 aromatic rings. The molecule has 0 radical (unpaired) electrons. The van der Waals surface area contributed by atoms with Gasteiger partial charge in [-0.15, -0.1) is 0 Å². The maximum atomic E-state index is 3.92. The SMILES string of the molecule is Cc1cccc(-c2cc3c4c(cc5c(N(c6ccc(C(C)(C)C)cc6)c6c(C)cccc6C)cc(C(C)C)c6ccc2c4c65)C(C)(C)CC3)c1Nc1ccc(C(C)(C)C)cc1. The van der Waals surface area contributed by atoms with Crippen LogP contribution in [-0.4, -0.2) is 0 Å². The molecule has 0 fully saturated rings. The van der Waals surface area contributed by atoms with Gasteiger partial charge < -0.3 is 10.2 Å². The van der Waals surface area contributed by atoms with Gasteiger partial charge in [0.25, 0.3) is 0 Å². The summed E-state index contributed by atoms with van der Waals surface area (Å²) >= 11 is 0. The van der Waals surface area contributed by atoms with E-state index in [1.807, 2.05) is 0 Å². The minimum Gasteiger partial charge on any atom is -0.355 e. The molecule has 0 heterocycles. The van der Waals surface area contributed by atoms with Crippen LogP contribution in [0.5, 0.6) is 0 Å². The minimum atomic E-state index is 0.0162. The molecule has 0 atom stereocenters. The summed E-state index contributed by atoms with van der Waals surface area (Å²) in [5.74, 6) is 0.325. The second-order valence-electron chi connectivity index (χ2n) is 21.2. The fourth-order valence-corrected chi connectivity index (χ4v) is 10.3. The van der Waals surface area contributed by atoms with E-state index in [1.54, 1.807) is 0 Å². The Hall–Kier alpha value is -5.60. The van der Waals surface area contributed by atoms with Gasteiger partial charge in [-0.1, -0.05) is 142 Å². The first-order valence-electron chi connectivity index (χ1n) is 22.6. The Labute approximate surface area is 365 Å². The largest absolute Gasteiger partial charge is 0.355 e. The summed E-state index contributed by atoms with van der Waals surface area (Å²) in [6.07, 6.45) is 2.16. The molecule has 2 nitrogen and oxygen atoms in total. The predicted octanol–water partition coefficient (Wildman–Crippen LogP) is 17.3. The van der Waals surface area contributed by atoms with Crippen molar-refractivity contribution in [1.29, 1.82) is 0 Å². The van der Waals surface area contributed by atoms with Crippen molar-refractivity contribution in [2.24, 2.45) is 0 Å². The number of anilines is 5. The molecular weight excluding hydrogens is 737 g/mol. The van der Waals surface area contributed by atoms with E-state index in [-0.39, 0.29) is 16.2 Å². The Morgan fingerprint density at radius 3 is 1.80 bits per heavy atom. The van der Waals surface area contributed by atoms with E-state index in [4.69, 9.17) is 0 Å². The van der Waals surface area contributed by atoms with Crippen molar-refractivity contribution in [3.05, 3.63) is 160 Å². The van der Waals surface area contributed by atoms with E-state index in [1.165, 1.54) is 111 Å². The Morgan fingerprint density at radius 1 is 0.590 bits per heavy atom. The molecule has 0 amide bonds. The molecular formula is C59H64N2. The average molecular weight is 801 g/mol. The first-order valence-corrected chi connectivity index (χ1v) is 22.6. The highest BCUT2D eigenvalue weighted by molar-refractivity contribution is 6.30. The van der Waals surface area contributed by atoms with Gasteiger partial charge in [0.2, 0.25) is 0 Å². The summed E-state index contributed by atoms with van der Waals surface area (Å²) in [7, 11) is 0.